The molecule has 0 unspecified atom stereocenters. The SMILES string of the molecule is C/C(=N/N=C(\C)N(C)c1nc(-c2ccc(F)cc2)c(C(=O)C(F)(F)F)s1)N1CCN(C(=O)OC(C)(C)C)CC1. The van der Waals surface area contributed by atoms with Crippen LogP contribution < -0.4 is 4.90 Å². The monoisotopic (exact) mass is 570 g/mol. The van der Waals surface area contributed by atoms with Crippen molar-refractivity contribution in [1.29, 1.82) is 0 Å². The Balaban J connectivity index is 1.76. The normalized spacial score (nSPS) is 15.4. The van der Waals surface area contributed by atoms with Crippen LogP contribution >= 0.6 is 11.3 Å². The third-order valence-electron chi connectivity index (χ3n) is 5.70. The summed E-state index contributed by atoms with van der Waals surface area (Å²) in [5, 5.41) is 8.51. The van der Waals surface area contributed by atoms with Gasteiger partial charge in [-0.2, -0.15) is 13.2 Å². The number of carbonyl (C=O) groups is 2. The predicted octanol–water partition coefficient (Wildman–Crippen LogP) is 5.43. The number of amides is 1. The number of rotatable bonds is 4. The maximum Gasteiger partial charge on any atom is 0.455 e. The van der Waals surface area contributed by atoms with E-state index in [1.807, 2.05) is 4.90 Å². The molecule has 0 bridgehead atoms. The van der Waals surface area contributed by atoms with Crippen molar-refractivity contribution in [3.63, 3.8) is 0 Å². The highest BCUT2D eigenvalue weighted by Crippen LogP contribution is 2.37. The van der Waals surface area contributed by atoms with Gasteiger partial charge >= 0.3 is 12.3 Å². The molecule has 0 atom stereocenters. The molecular formula is C25H30F4N6O3S. The minimum atomic E-state index is -5.10. The van der Waals surface area contributed by atoms with E-state index in [1.165, 1.54) is 17.0 Å². The molecule has 2 heterocycles. The van der Waals surface area contributed by atoms with Crippen LogP contribution in [0.25, 0.3) is 11.3 Å². The number of carbonyl (C=O) groups excluding carboxylic acids is 2. The Labute approximate surface area is 227 Å². The molecule has 1 saturated heterocycles. The molecule has 0 saturated carbocycles. The number of halogens is 4. The van der Waals surface area contributed by atoms with E-state index in [9.17, 15) is 27.2 Å². The number of ketones is 1. The third-order valence-corrected chi connectivity index (χ3v) is 6.83. The lowest BCUT2D eigenvalue weighted by atomic mass is 10.1. The number of thiazole rings is 1. The van der Waals surface area contributed by atoms with Gasteiger partial charge in [-0.05, 0) is 58.9 Å². The zero-order valence-corrected chi connectivity index (χ0v) is 23.3. The zero-order chi connectivity index (χ0) is 29.1. The van der Waals surface area contributed by atoms with E-state index in [0.29, 0.717) is 49.2 Å². The molecule has 1 aliphatic heterocycles. The summed E-state index contributed by atoms with van der Waals surface area (Å²) >= 11 is 0.561. The van der Waals surface area contributed by atoms with Crippen LogP contribution in [0.2, 0.25) is 0 Å². The Bertz CT molecular complexity index is 1260. The smallest absolute Gasteiger partial charge is 0.444 e. The van der Waals surface area contributed by atoms with Gasteiger partial charge in [0.2, 0.25) is 0 Å². The summed E-state index contributed by atoms with van der Waals surface area (Å²) < 4.78 is 58.6. The van der Waals surface area contributed by atoms with Gasteiger partial charge in [0.1, 0.15) is 28.0 Å². The summed E-state index contributed by atoms with van der Waals surface area (Å²) in [6.07, 6.45) is -5.48. The first-order chi connectivity index (χ1) is 18.1. The van der Waals surface area contributed by atoms with Crippen molar-refractivity contribution in [2.45, 2.75) is 46.4 Å². The van der Waals surface area contributed by atoms with Crippen LogP contribution in [-0.2, 0) is 4.74 Å². The van der Waals surface area contributed by atoms with Gasteiger partial charge < -0.3 is 19.4 Å². The minimum Gasteiger partial charge on any atom is -0.444 e. The molecule has 9 nitrogen and oxygen atoms in total. The number of hydrogen-bond acceptors (Lipinski definition) is 7. The van der Waals surface area contributed by atoms with Crippen molar-refractivity contribution >= 4 is 40.0 Å². The van der Waals surface area contributed by atoms with E-state index in [0.717, 1.165) is 12.1 Å². The number of alkyl halides is 3. The van der Waals surface area contributed by atoms with Crippen LogP contribution in [0.5, 0.6) is 0 Å². The lowest BCUT2D eigenvalue weighted by Gasteiger charge is -2.36. The van der Waals surface area contributed by atoms with Gasteiger partial charge in [0.25, 0.3) is 5.78 Å². The fraction of sp³-hybridized carbons (Fsp3) is 0.480. The number of ether oxygens (including phenoxy) is 1. The van der Waals surface area contributed by atoms with E-state index >= 15 is 0 Å². The molecule has 1 fully saturated rings. The molecule has 0 aliphatic carbocycles. The fourth-order valence-electron chi connectivity index (χ4n) is 3.49. The second-order valence-corrected chi connectivity index (χ2v) is 10.8. The molecule has 14 heteroatoms. The van der Waals surface area contributed by atoms with Crippen molar-refractivity contribution in [3.05, 3.63) is 35.0 Å². The van der Waals surface area contributed by atoms with Crippen LogP contribution in [0.15, 0.2) is 34.5 Å². The van der Waals surface area contributed by atoms with Crippen molar-refractivity contribution < 1.29 is 31.9 Å². The summed E-state index contributed by atoms with van der Waals surface area (Å²) in [7, 11) is 1.54. The van der Waals surface area contributed by atoms with Gasteiger partial charge in [0.05, 0.1) is 5.69 Å². The maximum atomic E-state index is 13.4. The quantitative estimate of drug-likeness (QED) is 0.160. The van der Waals surface area contributed by atoms with E-state index in [2.05, 4.69) is 15.2 Å². The molecule has 39 heavy (non-hydrogen) atoms. The van der Waals surface area contributed by atoms with Crippen molar-refractivity contribution in [1.82, 2.24) is 14.8 Å². The van der Waals surface area contributed by atoms with Crippen molar-refractivity contribution in [2.24, 2.45) is 10.2 Å². The molecule has 1 aromatic heterocycles. The number of anilines is 1. The molecule has 1 aliphatic rings. The molecule has 1 aromatic carbocycles. The number of piperazine rings is 1. The molecule has 0 radical (unpaired) electrons. The van der Waals surface area contributed by atoms with E-state index in [4.69, 9.17) is 4.74 Å². The van der Waals surface area contributed by atoms with Gasteiger partial charge in [-0.15, -0.1) is 10.2 Å². The lowest BCUT2D eigenvalue weighted by Crippen LogP contribution is -2.51. The number of hydrogen-bond donors (Lipinski definition) is 0. The average Bonchev–Trinajstić information content (AvgIpc) is 3.30. The minimum absolute atomic E-state index is 0.0852. The van der Waals surface area contributed by atoms with Crippen LogP contribution in [0.3, 0.4) is 0 Å². The van der Waals surface area contributed by atoms with Crippen LogP contribution in [-0.4, -0.2) is 83.3 Å². The summed E-state index contributed by atoms with van der Waals surface area (Å²) in [5.74, 6) is -1.71. The Morgan fingerprint density at radius 1 is 1.00 bits per heavy atom. The number of amidine groups is 2. The van der Waals surface area contributed by atoms with E-state index in [1.54, 1.807) is 46.6 Å². The van der Waals surface area contributed by atoms with Crippen LogP contribution in [0, 0.1) is 5.82 Å². The zero-order valence-electron chi connectivity index (χ0n) is 22.5. The Morgan fingerprint density at radius 3 is 2.10 bits per heavy atom. The first kappa shape index (κ1) is 30.0. The highest BCUT2D eigenvalue weighted by atomic mass is 32.1. The molecular weight excluding hydrogens is 540 g/mol. The molecule has 3 rings (SSSR count). The topological polar surface area (TPSA) is 90.7 Å². The number of Topliss-reactive ketones (excluding diaryl/α,β-unsaturated/α-hetero) is 1. The van der Waals surface area contributed by atoms with Crippen LogP contribution in [0.4, 0.5) is 27.5 Å². The second-order valence-electron chi connectivity index (χ2n) is 9.82. The van der Waals surface area contributed by atoms with Gasteiger partial charge in [-0.25, -0.2) is 14.2 Å². The van der Waals surface area contributed by atoms with Gasteiger partial charge in [-0.1, -0.05) is 11.3 Å². The average molecular weight is 571 g/mol. The molecule has 0 spiro atoms. The maximum absolute atomic E-state index is 13.4. The van der Waals surface area contributed by atoms with Crippen molar-refractivity contribution in [2.75, 3.05) is 38.1 Å². The highest BCUT2D eigenvalue weighted by Gasteiger charge is 2.42. The number of benzene rings is 1. The molecule has 212 valence electrons. The van der Waals surface area contributed by atoms with E-state index in [-0.39, 0.29) is 22.5 Å². The standard InChI is InChI=1S/C25H30F4N6O3S/c1-15(31-32-16(2)34-11-13-35(14-12-34)23(37)38-24(3,4)5)33(6)22-30-19(17-7-9-18(26)10-8-17)20(39-22)21(36)25(27,28)29/h7-10H,11-14H2,1-6H3/b31-15+,32-16-. The van der Waals surface area contributed by atoms with Gasteiger partial charge in [0.15, 0.2) is 5.13 Å². The number of aromatic nitrogens is 1. The fourth-order valence-corrected chi connectivity index (χ4v) is 4.55. The summed E-state index contributed by atoms with van der Waals surface area (Å²) in [6.45, 7) is 10.7. The first-order valence-electron chi connectivity index (χ1n) is 12.0. The molecule has 1 amide bonds. The predicted molar refractivity (Wildman–Crippen MR) is 142 cm³/mol. The number of nitrogens with zero attached hydrogens (tertiary/aromatic N) is 6. The Kier molecular flexibility index (Phi) is 8.98. The molecule has 0 N–H and O–H groups in total. The second kappa shape index (κ2) is 11.7. The van der Waals surface area contributed by atoms with Gasteiger partial charge in [0, 0.05) is 38.8 Å². The summed E-state index contributed by atoms with van der Waals surface area (Å²) in [5.41, 5.74) is -0.601. The summed E-state index contributed by atoms with van der Waals surface area (Å²) in [4.78, 5) is 33.0. The third kappa shape index (κ3) is 7.74. The van der Waals surface area contributed by atoms with Crippen molar-refractivity contribution in [3.8, 4) is 11.3 Å². The Hall–Kier alpha value is -3.55. The Morgan fingerprint density at radius 2 is 1.56 bits per heavy atom. The first-order valence-corrected chi connectivity index (χ1v) is 12.8. The summed E-state index contributed by atoms with van der Waals surface area (Å²) in [6, 6.07) is 4.69. The largest absolute Gasteiger partial charge is 0.455 e. The van der Waals surface area contributed by atoms with E-state index < -0.39 is 28.3 Å². The highest BCUT2D eigenvalue weighted by molar-refractivity contribution is 7.18. The van der Waals surface area contributed by atoms with Gasteiger partial charge in [-0.3, -0.25) is 4.79 Å². The molecule has 2 aromatic rings. The van der Waals surface area contributed by atoms with Crippen LogP contribution in [0.1, 0.15) is 44.3 Å². The lowest BCUT2D eigenvalue weighted by molar-refractivity contribution is -0.0882.